The highest BCUT2D eigenvalue weighted by atomic mass is 35.5. The quantitative estimate of drug-likeness (QED) is 0.861. The summed E-state index contributed by atoms with van der Waals surface area (Å²) in [5.41, 5.74) is 0.126. The van der Waals surface area contributed by atoms with E-state index in [2.05, 4.69) is 5.32 Å². The van der Waals surface area contributed by atoms with Crippen molar-refractivity contribution in [1.82, 2.24) is 10.2 Å². The smallest absolute Gasteiger partial charge is 0.258 e. The van der Waals surface area contributed by atoms with Crippen molar-refractivity contribution in [3.8, 4) is 5.75 Å². The second kappa shape index (κ2) is 5.48. The van der Waals surface area contributed by atoms with Crippen molar-refractivity contribution < 1.29 is 14.7 Å². The third-order valence-electron chi connectivity index (χ3n) is 3.17. The average molecular weight is 283 g/mol. The molecular formula is C13H15ClN2O3. The number of amides is 2. The molecule has 1 aliphatic heterocycles. The molecule has 0 aliphatic carbocycles. The van der Waals surface area contributed by atoms with Crippen LogP contribution in [0.4, 0.5) is 0 Å². The summed E-state index contributed by atoms with van der Waals surface area (Å²) in [7, 11) is 0. The Hall–Kier alpha value is -1.75. The number of rotatable bonds is 2. The highest BCUT2D eigenvalue weighted by Crippen LogP contribution is 2.24. The Morgan fingerprint density at radius 2 is 2.32 bits per heavy atom. The predicted molar refractivity (Wildman–Crippen MR) is 71.2 cm³/mol. The van der Waals surface area contributed by atoms with Gasteiger partial charge in [0.1, 0.15) is 11.8 Å². The Kier molecular flexibility index (Phi) is 3.95. The normalized spacial score (nSPS) is 19.2. The Balaban J connectivity index is 2.32. The van der Waals surface area contributed by atoms with Gasteiger partial charge in [0.25, 0.3) is 5.91 Å². The lowest BCUT2D eigenvalue weighted by Gasteiger charge is -2.34. The average Bonchev–Trinajstić information content (AvgIpc) is 2.40. The van der Waals surface area contributed by atoms with E-state index < -0.39 is 6.04 Å². The number of carbonyl (C=O) groups is 2. The standard InChI is InChI=1S/C13H15ClN2O3/c1-2-10-12(18)15-5-6-16(10)13(19)9-7-8(14)3-4-11(9)17/h3-4,7,10,17H,2,5-6H2,1H3,(H,15,18). The second-order valence-corrected chi connectivity index (χ2v) is 4.81. The highest BCUT2D eigenvalue weighted by molar-refractivity contribution is 6.31. The van der Waals surface area contributed by atoms with Gasteiger partial charge in [-0.3, -0.25) is 9.59 Å². The van der Waals surface area contributed by atoms with Gasteiger partial charge >= 0.3 is 0 Å². The summed E-state index contributed by atoms with van der Waals surface area (Å²) in [6, 6.07) is 3.80. The molecule has 0 radical (unpaired) electrons. The molecule has 2 rings (SSSR count). The summed E-state index contributed by atoms with van der Waals surface area (Å²) in [5.74, 6) is -0.666. The summed E-state index contributed by atoms with van der Waals surface area (Å²) in [5, 5.41) is 12.8. The van der Waals surface area contributed by atoms with E-state index in [0.717, 1.165) is 0 Å². The number of halogens is 1. The van der Waals surface area contributed by atoms with E-state index in [4.69, 9.17) is 11.6 Å². The maximum atomic E-state index is 12.4. The maximum absolute atomic E-state index is 12.4. The Bertz CT molecular complexity index is 519. The van der Waals surface area contributed by atoms with Crippen molar-refractivity contribution in [2.45, 2.75) is 19.4 Å². The molecule has 1 atom stereocenters. The Morgan fingerprint density at radius 3 is 3.00 bits per heavy atom. The molecule has 1 aliphatic rings. The lowest BCUT2D eigenvalue weighted by Crippen LogP contribution is -2.56. The van der Waals surface area contributed by atoms with Crippen LogP contribution in [0.3, 0.4) is 0 Å². The van der Waals surface area contributed by atoms with E-state index in [1.807, 2.05) is 6.92 Å². The van der Waals surface area contributed by atoms with Crippen molar-refractivity contribution in [1.29, 1.82) is 0 Å². The van der Waals surface area contributed by atoms with Crippen LogP contribution >= 0.6 is 11.6 Å². The minimum Gasteiger partial charge on any atom is -0.507 e. The van der Waals surface area contributed by atoms with Gasteiger partial charge in [-0.2, -0.15) is 0 Å². The fourth-order valence-electron chi connectivity index (χ4n) is 2.20. The summed E-state index contributed by atoms with van der Waals surface area (Å²) in [6.07, 6.45) is 0.527. The first kappa shape index (κ1) is 13.7. The number of nitrogens with zero attached hydrogens (tertiary/aromatic N) is 1. The number of phenolic OH excluding ortho intramolecular Hbond substituents is 1. The summed E-state index contributed by atoms with van der Waals surface area (Å²) < 4.78 is 0. The van der Waals surface area contributed by atoms with Crippen LogP contribution in [-0.2, 0) is 4.79 Å². The number of hydrogen-bond acceptors (Lipinski definition) is 3. The number of nitrogens with one attached hydrogen (secondary N) is 1. The first-order valence-electron chi connectivity index (χ1n) is 6.11. The van der Waals surface area contributed by atoms with Crippen LogP contribution in [0.1, 0.15) is 23.7 Å². The monoisotopic (exact) mass is 282 g/mol. The maximum Gasteiger partial charge on any atom is 0.258 e. The van der Waals surface area contributed by atoms with Crippen molar-refractivity contribution in [2.75, 3.05) is 13.1 Å². The van der Waals surface area contributed by atoms with E-state index in [0.29, 0.717) is 24.5 Å². The predicted octanol–water partition coefficient (Wildman–Crippen LogP) is 1.40. The van der Waals surface area contributed by atoms with Gasteiger partial charge in [-0.05, 0) is 24.6 Å². The van der Waals surface area contributed by atoms with E-state index in [1.165, 1.54) is 23.1 Å². The summed E-state index contributed by atoms with van der Waals surface area (Å²) in [6.45, 7) is 2.69. The van der Waals surface area contributed by atoms with Crippen LogP contribution < -0.4 is 5.32 Å². The van der Waals surface area contributed by atoms with E-state index in [-0.39, 0.29) is 23.1 Å². The van der Waals surface area contributed by atoms with Crippen molar-refractivity contribution >= 4 is 23.4 Å². The molecule has 19 heavy (non-hydrogen) atoms. The Morgan fingerprint density at radius 1 is 1.58 bits per heavy atom. The van der Waals surface area contributed by atoms with Gasteiger partial charge in [0.15, 0.2) is 0 Å². The number of phenols is 1. The fraction of sp³-hybridized carbons (Fsp3) is 0.385. The van der Waals surface area contributed by atoms with Crippen LogP contribution in [0, 0.1) is 0 Å². The zero-order chi connectivity index (χ0) is 14.0. The summed E-state index contributed by atoms with van der Waals surface area (Å²) >= 11 is 5.84. The molecular weight excluding hydrogens is 268 g/mol. The summed E-state index contributed by atoms with van der Waals surface area (Å²) in [4.78, 5) is 25.6. The third kappa shape index (κ3) is 2.66. The van der Waals surface area contributed by atoms with Gasteiger partial charge in [-0.1, -0.05) is 18.5 Å². The van der Waals surface area contributed by atoms with Crippen molar-refractivity contribution in [3.05, 3.63) is 28.8 Å². The van der Waals surface area contributed by atoms with Crippen LogP contribution in [0.25, 0.3) is 0 Å². The molecule has 0 spiro atoms. The molecule has 1 unspecified atom stereocenters. The lowest BCUT2D eigenvalue weighted by molar-refractivity contribution is -0.127. The zero-order valence-electron chi connectivity index (χ0n) is 10.5. The molecule has 1 aromatic rings. The number of carbonyl (C=O) groups excluding carboxylic acids is 2. The zero-order valence-corrected chi connectivity index (χ0v) is 11.3. The topological polar surface area (TPSA) is 69.6 Å². The van der Waals surface area contributed by atoms with Crippen LogP contribution in [0.15, 0.2) is 18.2 Å². The van der Waals surface area contributed by atoms with Gasteiger partial charge in [-0.25, -0.2) is 0 Å². The van der Waals surface area contributed by atoms with Gasteiger partial charge < -0.3 is 15.3 Å². The number of hydrogen-bond donors (Lipinski definition) is 2. The molecule has 2 N–H and O–H groups in total. The van der Waals surface area contributed by atoms with E-state index >= 15 is 0 Å². The first-order chi connectivity index (χ1) is 9.04. The molecule has 0 saturated carbocycles. The molecule has 6 heteroatoms. The molecule has 1 fully saturated rings. The molecule has 0 bridgehead atoms. The van der Waals surface area contributed by atoms with Gasteiger partial charge in [-0.15, -0.1) is 0 Å². The largest absolute Gasteiger partial charge is 0.507 e. The van der Waals surface area contributed by atoms with E-state index in [1.54, 1.807) is 0 Å². The highest BCUT2D eigenvalue weighted by Gasteiger charge is 2.33. The van der Waals surface area contributed by atoms with Crippen LogP contribution in [0.5, 0.6) is 5.75 Å². The van der Waals surface area contributed by atoms with Gasteiger partial charge in [0, 0.05) is 18.1 Å². The molecule has 102 valence electrons. The molecule has 1 heterocycles. The van der Waals surface area contributed by atoms with Gasteiger partial charge in [0.2, 0.25) is 5.91 Å². The molecule has 1 aromatic carbocycles. The fourth-order valence-corrected chi connectivity index (χ4v) is 2.37. The molecule has 1 saturated heterocycles. The van der Waals surface area contributed by atoms with Crippen LogP contribution in [0.2, 0.25) is 5.02 Å². The molecule has 0 aromatic heterocycles. The minimum atomic E-state index is -0.500. The molecule has 2 amide bonds. The number of piperazine rings is 1. The lowest BCUT2D eigenvalue weighted by atomic mass is 10.1. The molecule has 5 nitrogen and oxygen atoms in total. The Labute approximate surface area is 116 Å². The third-order valence-corrected chi connectivity index (χ3v) is 3.40. The van der Waals surface area contributed by atoms with Gasteiger partial charge in [0.05, 0.1) is 5.56 Å². The van der Waals surface area contributed by atoms with E-state index in [9.17, 15) is 14.7 Å². The SMILES string of the molecule is CCC1C(=O)NCCN1C(=O)c1cc(Cl)ccc1O. The number of benzene rings is 1. The minimum absolute atomic E-state index is 0.126. The second-order valence-electron chi connectivity index (χ2n) is 4.38. The number of aromatic hydroxyl groups is 1. The first-order valence-corrected chi connectivity index (χ1v) is 6.49. The van der Waals surface area contributed by atoms with Crippen LogP contribution in [-0.4, -0.2) is 41.0 Å². The van der Waals surface area contributed by atoms with Crippen molar-refractivity contribution in [2.24, 2.45) is 0 Å². The van der Waals surface area contributed by atoms with Crippen molar-refractivity contribution in [3.63, 3.8) is 0 Å².